The number of furan rings is 1. The number of carbonyl (C=O) groups excluding carboxylic acids is 2. The van der Waals surface area contributed by atoms with Crippen LogP contribution in [0.2, 0.25) is 0 Å². The molecular formula is C22H17NO4. The molecule has 1 N–H and O–H groups in total. The number of anilines is 1. The number of benzene rings is 2. The molecule has 3 aromatic rings. The van der Waals surface area contributed by atoms with Gasteiger partial charge in [0, 0.05) is 16.8 Å². The number of rotatable bonds is 3. The largest absolute Gasteiger partial charge is 0.465 e. The zero-order chi connectivity index (χ0) is 19.0. The molecule has 0 fully saturated rings. The summed E-state index contributed by atoms with van der Waals surface area (Å²) >= 11 is 0. The standard InChI is InChI=1S/C22H17NO4/c1-13-10-20(14-6-5-7-15(11-14)22(25)26-2)27-19(13)12-17-16-8-3-4-9-18(16)23-21(17)24/h3-12H,1-2H3,(H,23,24). The minimum atomic E-state index is -0.401. The van der Waals surface area contributed by atoms with Gasteiger partial charge in [-0.05, 0) is 42.8 Å². The van der Waals surface area contributed by atoms with Gasteiger partial charge in [-0.3, -0.25) is 4.79 Å². The van der Waals surface area contributed by atoms with Crippen molar-refractivity contribution >= 4 is 29.2 Å². The molecule has 5 nitrogen and oxygen atoms in total. The predicted octanol–water partition coefficient (Wildman–Crippen LogP) is 4.53. The molecule has 0 bridgehead atoms. The monoisotopic (exact) mass is 359 g/mol. The number of aryl methyl sites for hydroxylation is 1. The van der Waals surface area contributed by atoms with Crippen LogP contribution < -0.4 is 5.32 Å². The highest BCUT2D eigenvalue weighted by Gasteiger charge is 2.24. The number of fused-ring (bicyclic) bond motifs is 1. The highest BCUT2D eigenvalue weighted by molar-refractivity contribution is 6.34. The Labute approximate surface area is 156 Å². The molecule has 2 aromatic carbocycles. The van der Waals surface area contributed by atoms with E-state index in [4.69, 9.17) is 9.15 Å². The molecule has 0 spiro atoms. The van der Waals surface area contributed by atoms with Crippen molar-refractivity contribution in [2.75, 3.05) is 12.4 Å². The molecule has 2 heterocycles. The first-order valence-corrected chi connectivity index (χ1v) is 8.48. The fraction of sp³-hybridized carbons (Fsp3) is 0.0909. The first-order chi connectivity index (χ1) is 13.1. The normalized spacial score (nSPS) is 14.1. The summed E-state index contributed by atoms with van der Waals surface area (Å²) in [4.78, 5) is 24.0. The van der Waals surface area contributed by atoms with Gasteiger partial charge in [0.25, 0.3) is 5.91 Å². The molecule has 0 atom stereocenters. The van der Waals surface area contributed by atoms with E-state index >= 15 is 0 Å². The maximum atomic E-state index is 12.3. The summed E-state index contributed by atoms with van der Waals surface area (Å²) in [5, 5.41) is 2.85. The summed E-state index contributed by atoms with van der Waals surface area (Å²) in [7, 11) is 1.35. The van der Waals surface area contributed by atoms with Crippen LogP contribution in [-0.4, -0.2) is 19.0 Å². The summed E-state index contributed by atoms with van der Waals surface area (Å²) in [5.41, 5.74) is 4.34. The van der Waals surface area contributed by atoms with Crippen molar-refractivity contribution in [2.24, 2.45) is 0 Å². The average molecular weight is 359 g/mol. The number of methoxy groups -OCH3 is 1. The Balaban J connectivity index is 1.73. The second kappa shape index (κ2) is 6.61. The lowest BCUT2D eigenvalue weighted by atomic mass is 10.1. The molecule has 0 aliphatic carbocycles. The molecule has 0 radical (unpaired) electrons. The van der Waals surface area contributed by atoms with E-state index in [2.05, 4.69) is 5.32 Å². The van der Waals surface area contributed by atoms with Crippen LogP contribution >= 0.6 is 0 Å². The smallest absolute Gasteiger partial charge is 0.337 e. The van der Waals surface area contributed by atoms with Crippen molar-refractivity contribution in [1.82, 2.24) is 0 Å². The molecule has 0 saturated heterocycles. The Hall–Kier alpha value is -3.60. The first-order valence-electron chi connectivity index (χ1n) is 8.48. The third kappa shape index (κ3) is 3.04. The molecule has 1 aliphatic heterocycles. The number of para-hydroxylation sites is 1. The van der Waals surface area contributed by atoms with Gasteiger partial charge >= 0.3 is 5.97 Å². The van der Waals surface area contributed by atoms with Gasteiger partial charge < -0.3 is 14.5 Å². The quantitative estimate of drug-likeness (QED) is 0.551. The van der Waals surface area contributed by atoms with Crippen molar-refractivity contribution in [3.63, 3.8) is 0 Å². The van der Waals surface area contributed by atoms with Gasteiger partial charge in [-0.2, -0.15) is 0 Å². The minimum absolute atomic E-state index is 0.152. The molecule has 5 heteroatoms. The number of ether oxygens (including phenoxy) is 1. The lowest BCUT2D eigenvalue weighted by molar-refractivity contribution is -0.110. The van der Waals surface area contributed by atoms with Crippen molar-refractivity contribution < 1.29 is 18.7 Å². The summed E-state index contributed by atoms with van der Waals surface area (Å²) in [6.07, 6.45) is 1.75. The summed E-state index contributed by atoms with van der Waals surface area (Å²) < 4.78 is 10.8. The topological polar surface area (TPSA) is 68.5 Å². The van der Waals surface area contributed by atoms with Gasteiger partial charge in [-0.25, -0.2) is 4.79 Å². The Morgan fingerprint density at radius 2 is 1.93 bits per heavy atom. The first kappa shape index (κ1) is 16.8. The Morgan fingerprint density at radius 3 is 2.74 bits per heavy atom. The number of carbonyl (C=O) groups is 2. The van der Waals surface area contributed by atoms with Gasteiger partial charge in [0.1, 0.15) is 11.5 Å². The highest BCUT2D eigenvalue weighted by atomic mass is 16.5. The second-order valence-electron chi connectivity index (χ2n) is 6.29. The van der Waals surface area contributed by atoms with E-state index in [1.54, 1.807) is 24.3 Å². The van der Waals surface area contributed by atoms with E-state index in [-0.39, 0.29) is 5.91 Å². The van der Waals surface area contributed by atoms with E-state index < -0.39 is 5.97 Å². The van der Waals surface area contributed by atoms with Crippen LogP contribution in [0.25, 0.3) is 23.0 Å². The molecule has 1 aromatic heterocycles. The highest BCUT2D eigenvalue weighted by Crippen LogP contribution is 2.35. The number of esters is 1. The van der Waals surface area contributed by atoms with Crippen molar-refractivity contribution in [2.45, 2.75) is 6.92 Å². The zero-order valence-electron chi connectivity index (χ0n) is 14.9. The van der Waals surface area contributed by atoms with Crippen LogP contribution in [0.5, 0.6) is 0 Å². The maximum Gasteiger partial charge on any atom is 0.337 e. The number of amides is 1. The molecule has 134 valence electrons. The molecule has 4 rings (SSSR count). The van der Waals surface area contributed by atoms with Gasteiger partial charge in [-0.1, -0.05) is 30.3 Å². The average Bonchev–Trinajstić information content (AvgIpc) is 3.21. The SMILES string of the molecule is COC(=O)c1cccc(-c2cc(C)c(C=C3C(=O)Nc4ccccc43)o2)c1. The summed E-state index contributed by atoms with van der Waals surface area (Å²) in [6.45, 7) is 1.92. The molecule has 0 saturated carbocycles. The number of hydrogen-bond acceptors (Lipinski definition) is 4. The molecule has 27 heavy (non-hydrogen) atoms. The van der Waals surface area contributed by atoms with E-state index in [0.717, 1.165) is 22.4 Å². The number of hydrogen-bond donors (Lipinski definition) is 1. The van der Waals surface area contributed by atoms with Crippen LogP contribution in [0.3, 0.4) is 0 Å². The van der Waals surface area contributed by atoms with E-state index in [9.17, 15) is 9.59 Å². The van der Waals surface area contributed by atoms with Crippen LogP contribution in [0.15, 0.2) is 59.0 Å². The Morgan fingerprint density at radius 1 is 1.11 bits per heavy atom. The van der Waals surface area contributed by atoms with E-state index in [1.165, 1.54) is 7.11 Å². The van der Waals surface area contributed by atoms with Gasteiger partial charge in [-0.15, -0.1) is 0 Å². The fourth-order valence-corrected chi connectivity index (χ4v) is 3.11. The van der Waals surface area contributed by atoms with E-state index in [1.807, 2.05) is 43.3 Å². The molecule has 0 unspecified atom stereocenters. The lowest BCUT2D eigenvalue weighted by Crippen LogP contribution is -2.03. The number of nitrogens with one attached hydrogen (secondary N) is 1. The van der Waals surface area contributed by atoms with Crippen LogP contribution in [0.1, 0.15) is 27.2 Å². The van der Waals surface area contributed by atoms with E-state index in [0.29, 0.717) is 22.7 Å². The van der Waals surface area contributed by atoms with Crippen molar-refractivity contribution in [3.8, 4) is 11.3 Å². The van der Waals surface area contributed by atoms with Crippen molar-refractivity contribution in [3.05, 3.63) is 77.0 Å². The molecule has 1 amide bonds. The van der Waals surface area contributed by atoms with Crippen molar-refractivity contribution in [1.29, 1.82) is 0 Å². The van der Waals surface area contributed by atoms with Gasteiger partial charge in [0.05, 0.1) is 18.2 Å². The third-order valence-corrected chi connectivity index (χ3v) is 4.51. The zero-order valence-corrected chi connectivity index (χ0v) is 14.9. The van der Waals surface area contributed by atoms with Crippen LogP contribution in [0.4, 0.5) is 5.69 Å². The Kier molecular flexibility index (Phi) is 4.12. The maximum absolute atomic E-state index is 12.3. The second-order valence-corrected chi connectivity index (χ2v) is 6.29. The molecule has 1 aliphatic rings. The predicted molar refractivity (Wildman–Crippen MR) is 103 cm³/mol. The van der Waals surface area contributed by atoms with Crippen LogP contribution in [0, 0.1) is 6.92 Å². The van der Waals surface area contributed by atoms with Gasteiger partial charge in [0.2, 0.25) is 0 Å². The summed E-state index contributed by atoms with van der Waals surface area (Å²) in [5.74, 6) is 0.676. The lowest BCUT2D eigenvalue weighted by Gasteiger charge is -2.01. The Bertz CT molecular complexity index is 1090. The summed E-state index contributed by atoms with van der Waals surface area (Å²) in [6, 6.07) is 16.5. The van der Waals surface area contributed by atoms with Gasteiger partial charge in [0.15, 0.2) is 0 Å². The van der Waals surface area contributed by atoms with Crippen LogP contribution in [-0.2, 0) is 9.53 Å². The fourth-order valence-electron chi connectivity index (χ4n) is 3.11. The minimum Gasteiger partial charge on any atom is -0.465 e. The third-order valence-electron chi connectivity index (χ3n) is 4.51. The molecular weight excluding hydrogens is 342 g/mol.